The number of carbonyl (C=O) groups is 1. The van der Waals surface area contributed by atoms with Gasteiger partial charge in [0.1, 0.15) is 12.1 Å². The second-order valence-electron chi connectivity index (χ2n) is 4.90. The first-order valence-corrected chi connectivity index (χ1v) is 8.34. The van der Waals surface area contributed by atoms with Crippen molar-refractivity contribution in [2.24, 2.45) is 0 Å². The van der Waals surface area contributed by atoms with E-state index in [1.807, 2.05) is 31.3 Å². The van der Waals surface area contributed by atoms with Gasteiger partial charge in [0.15, 0.2) is 0 Å². The number of carbonyl (C=O) groups excluding carboxylic acids is 1. The van der Waals surface area contributed by atoms with Crippen molar-refractivity contribution in [2.45, 2.75) is 13.5 Å². The lowest BCUT2D eigenvalue weighted by Gasteiger charge is -2.20. The van der Waals surface area contributed by atoms with Gasteiger partial charge in [0.2, 0.25) is 0 Å². The van der Waals surface area contributed by atoms with E-state index in [2.05, 4.69) is 9.97 Å². The summed E-state index contributed by atoms with van der Waals surface area (Å²) in [6, 6.07) is 7.39. The Morgan fingerprint density at radius 2 is 2.22 bits per heavy atom. The maximum atomic E-state index is 12.6. The third kappa shape index (κ3) is 3.60. The van der Waals surface area contributed by atoms with Gasteiger partial charge in [-0.1, -0.05) is 11.6 Å². The summed E-state index contributed by atoms with van der Waals surface area (Å²) in [6.07, 6.45) is 6.76. The molecule has 0 spiro atoms. The number of hydrogen-bond acceptors (Lipinski definition) is 4. The van der Waals surface area contributed by atoms with E-state index in [0.29, 0.717) is 18.7 Å². The largest absolute Gasteiger partial charge is 0.334 e. The number of pyridine rings is 1. The molecule has 118 valence electrons. The quantitative estimate of drug-likeness (QED) is 0.708. The number of rotatable bonds is 5. The van der Waals surface area contributed by atoms with Crippen molar-refractivity contribution in [3.8, 4) is 5.82 Å². The minimum atomic E-state index is -0.0401. The summed E-state index contributed by atoms with van der Waals surface area (Å²) >= 11 is 7.44. The third-order valence-corrected chi connectivity index (χ3v) is 4.62. The summed E-state index contributed by atoms with van der Waals surface area (Å²) in [7, 11) is 0. The molecule has 0 aliphatic carbocycles. The highest BCUT2D eigenvalue weighted by atomic mass is 35.5. The van der Waals surface area contributed by atoms with Crippen molar-refractivity contribution in [3.05, 3.63) is 64.0 Å². The smallest absolute Gasteiger partial charge is 0.255 e. The highest BCUT2D eigenvalue weighted by Gasteiger charge is 2.16. The van der Waals surface area contributed by atoms with E-state index in [-0.39, 0.29) is 5.91 Å². The Kier molecular flexibility index (Phi) is 4.73. The molecule has 0 saturated carbocycles. The number of amides is 1. The van der Waals surface area contributed by atoms with Crippen LogP contribution < -0.4 is 0 Å². The summed E-state index contributed by atoms with van der Waals surface area (Å²) in [4.78, 5) is 23.8. The zero-order chi connectivity index (χ0) is 16.2. The minimum Gasteiger partial charge on any atom is -0.334 e. The molecule has 0 aromatic carbocycles. The lowest BCUT2D eigenvalue weighted by atomic mass is 10.2. The van der Waals surface area contributed by atoms with Gasteiger partial charge in [0.25, 0.3) is 5.91 Å². The molecule has 3 rings (SSSR count). The average molecular weight is 347 g/mol. The van der Waals surface area contributed by atoms with Crippen molar-refractivity contribution < 1.29 is 4.79 Å². The lowest BCUT2D eigenvalue weighted by molar-refractivity contribution is 0.0754. The second kappa shape index (κ2) is 6.93. The van der Waals surface area contributed by atoms with E-state index < -0.39 is 0 Å². The van der Waals surface area contributed by atoms with Crippen LogP contribution in [0.3, 0.4) is 0 Å². The lowest BCUT2D eigenvalue weighted by Crippen LogP contribution is -2.30. The molecule has 3 aromatic heterocycles. The van der Waals surface area contributed by atoms with Gasteiger partial charge in [-0.25, -0.2) is 9.97 Å². The maximum absolute atomic E-state index is 12.6. The van der Waals surface area contributed by atoms with E-state index in [1.165, 1.54) is 11.3 Å². The predicted octanol–water partition coefficient (Wildman–Crippen LogP) is 3.64. The standard InChI is InChI=1S/C16H15ClN4OS/c1-2-20(10-13-4-5-14(17)23-13)16(22)12-3-6-15(19-9-12)21-8-7-18-11-21/h3-9,11H,2,10H2,1H3. The van der Waals surface area contributed by atoms with Gasteiger partial charge < -0.3 is 4.90 Å². The van der Waals surface area contributed by atoms with Crippen molar-refractivity contribution in [2.75, 3.05) is 6.54 Å². The molecule has 3 aromatic rings. The highest BCUT2D eigenvalue weighted by Crippen LogP contribution is 2.23. The van der Waals surface area contributed by atoms with Crippen LogP contribution in [-0.4, -0.2) is 31.9 Å². The molecule has 0 aliphatic rings. The van der Waals surface area contributed by atoms with E-state index in [0.717, 1.165) is 15.0 Å². The Balaban J connectivity index is 1.75. The van der Waals surface area contributed by atoms with Crippen LogP contribution in [0.2, 0.25) is 4.34 Å². The number of imidazole rings is 1. The monoisotopic (exact) mass is 346 g/mol. The van der Waals surface area contributed by atoms with Crippen LogP contribution in [-0.2, 0) is 6.54 Å². The molecule has 0 atom stereocenters. The Morgan fingerprint density at radius 1 is 1.35 bits per heavy atom. The minimum absolute atomic E-state index is 0.0401. The molecule has 0 bridgehead atoms. The molecule has 23 heavy (non-hydrogen) atoms. The van der Waals surface area contributed by atoms with Crippen LogP contribution in [0.5, 0.6) is 0 Å². The average Bonchev–Trinajstić information content (AvgIpc) is 3.24. The molecule has 0 aliphatic heterocycles. The van der Waals surface area contributed by atoms with Gasteiger partial charge in [-0.3, -0.25) is 9.36 Å². The number of halogens is 1. The molecule has 0 N–H and O–H groups in total. The van der Waals surface area contributed by atoms with Crippen LogP contribution in [0.15, 0.2) is 49.2 Å². The van der Waals surface area contributed by atoms with Gasteiger partial charge in [0.05, 0.1) is 16.4 Å². The molecule has 1 amide bonds. The molecule has 0 radical (unpaired) electrons. The molecule has 7 heteroatoms. The summed E-state index contributed by atoms with van der Waals surface area (Å²) in [6.45, 7) is 3.13. The van der Waals surface area contributed by atoms with Gasteiger partial charge in [-0.15, -0.1) is 11.3 Å². The van der Waals surface area contributed by atoms with Crippen LogP contribution in [0, 0.1) is 0 Å². The zero-order valence-electron chi connectivity index (χ0n) is 12.5. The molecule has 0 unspecified atom stereocenters. The second-order valence-corrected chi connectivity index (χ2v) is 6.70. The summed E-state index contributed by atoms with van der Waals surface area (Å²) in [5.41, 5.74) is 0.568. The van der Waals surface area contributed by atoms with E-state index in [1.54, 1.807) is 34.3 Å². The van der Waals surface area contributed by atoms with Crippen molar-refractivity contribution in [1.29, 1.82) is 0 Å². The number of thiophene rings is 1. The number of hydrogen-bond donors (Lipinski definition) is 0. The molecular weight excluding hydrogens is 332 g/mol. The Hall–Kier alpha value is -2.18. The fraction of sp³-hybridized carbons (Fsp3) is 0.188. The van der Waals surface area contributed by atoms with Crippen molar-refractivity contribution in [3.63, 3.8) is 0 Å². The maximum Gasteiger partial charge on any atom is 0.255 e. The molecular formula is C16H15ClN4OS. The first-order chi connectivity index (χ1) is 11.2. The Morgan fingerprint density at radius 3 is 2.78 bits per heavy atom. The molecule has 5 nitrogen and oxygen atoms in total. The predicted molar refractivity (Wildman–Crippen MR) is 91.1 cm³/mol. The fourth-order valence-electron chi connectivity index (χ4n) is 2.19. The van der Waals surface area contributed by atoms with Crippen LogP contribution in [0.4, 0.5) is 0 Å². The van der Waals surface area contributed by atoms with Crippen molar-refractivity contribution >= 4 is 28.8 Å². The summed E-state index contributed by atoms with van der Waals surface area (Å²) in [5.74, 6) is 0.689. The first kappa shape index (κ1) is 15.7. The Labute approximate surface area is 143 Å². The topological polar surface area (TPSA) is 51.0 Å². The van der Waals surface area contributed by atoms with Crippen LogP contribution in [0.1, 0.15) is 22.2 Å². The van der Waals surface area contributed by atoms with E-state index >= 15 is 0 Å². The molecule has 3 heterocycles. The highest BCUT2D eigenvalue weighted by molar-refractivity contribution is 7.16. The fourth-order valence-corrected chi connectivity index (χ4v) is 3.30. The first-order valence-electron chi connectivity index (χ1n) is 7.15. The van der Waals surface area contributed by atoms with Crippen LogP contribution >= 0.6 is 22.9 Å². The van der Waals surface area contributed by atoms with Gasteiger partial charge in [-0.2, -0.15) is 0 Å². The van der Waals surface area contributed by atoms with E-state index in [4.69, 9.17) is 11.6 Å². The SMILES string of the molecule is CCN(Cc1ccc(Cl)s1)C(=O)c1ccc(-n2ccnc2)nc1. The van der Waals surface area contributed by atoms with Gasteiger partial charge in [-0.05, 0) is 31.2 Å². The molecule has 0 fully saturated rings. The summed E-state index contributed by atoms with van der Waals surface area (Å²) in [5, 5.41) is 0. The summed E-state index contributed by atoms with van der Waals surface area (Å²) < 4.78 is 2.52. The van der Waals surface area contributed by atoms with Crippen LogP contribution in [0.25, 0.3) is 5.82 Å². The van der Waals surface area contributed by atoms with Crippen molar-refractivity contribution in [1.82, 2.24) is 19.4 Å². The molecule has 0 saturated heterocycles. The zero-order valence-corrected chi connectivity index (χ0v) is 14.1. The van der Waals surface area contributed by atoms with E-state index in [9.17, 15) is 4.79 Å². The van der Waals surface area contributed by atoms with Gasteiger partial charge >= 0.3 is 0 Å². The van der Waals surface area contributed by atoms with Gasteiger partial charge in [0, 0.05) is 30.0 Å². The number of nitrogens with zero attached hydrogens (tertiary/aromatic N) is 4. The number of aromatic nitrogens is 3. The normalized spacial score (nSPS) is 10.7. The third-order valence-electron chi connectivity index (χ3n) is 3.41. The Bertz CT molecular complexity index is 783.